The molecule has 2 amide bonds. The molecule has 0 aromatic rings. The van der Waals surface area contributed by atoms with E-state index in [1.807, 2.05) is 6.92 Å². The molecule has 1 rings (SSSR count). The molecule has 86 valence electrons. The van der Waals surface area contributed by atoms with Crippen molar-refractivity contribution < 1.29 is 14.3 Å². The van der Waals surface area contributed by atoms with E-state index in [-0.39, 0.29) is 11.9 Å². The average molecular weight is 214 g/mol. The summed E-state index contributed by atoms with van der Waals surface area (Å²) in [5, 5.41) is 5.27. The maximum atomic E-state index is 11.4. The third kappa shape index (κ3) is 3.77. The monoisotopic (exact) mass is 214 g/mol. The van der Waals surface area contributed by atoms with Crippen LogP contribution in [0, 0.1) is 0 Å². The van der Waals surface area contributed by atoms with Gasteiger partial charge in [-0.1, -0.05) is 0 Å². The summed E-state index contributed by atoms with van der Waals surface area (Å²) >= 11 is 0. The summed E-state index contributed by atoms with van der Waals surface area (Å²) < 4.78 is 5.05. The van der Waals surface area contributed by atoms with Crippen LogP contribution in [0.4, 0.5) is 4.79 Å². The van der Waals surface area contributed by atoms with Gasteiger partial charge in [0.25, 0.3) is 0 Å². The molecule has 5 nitrogen and oxygen atoms in total. The molecule has 1 fully saturated rings. The van der Waals surface area contributed by atoms with E-state index in [0.29, 0.717) is 6.42 Å². The molecule has 0 saturated carbocycles. The first-order valence-electron chi connectivity index (χ1n) is 5.08. The van der Waals surface area contributed by atoms with E-state index >= 15 is 0 Å². The fourth-order valence-electron chi connectivity index (χ4n) is 1.44. The minimum absolute atomic E-state index is 0.109. The lowest BCUT2D eigenvalue weighted by atomic mass is 10.2. The van der Waals surface area contributed by atoms with Gasteiger partial charge in [0.2, 0.25) is 5.91 Å². The Morgan fingerprint density at radius 2 is 2.13 bits per heavy atom. The van der Waals surface area contributed by atoms with Crippen molar-refractivity contribution in [2.45, 2.75) is 51.8 Å². The van der Waals surface area contributed by atoms with Crippen molar-refractivity contribution >= 4 is 12.0 Å². The van der Waals surface area contributed by atoms with Crippen molar-refractivity contribution in [3.05, 3.63) is 0 Å². The van der Waals surface area contributed by atoms with Crippen LogP contribution in [-0.2, 0) is 9.53 Å². The Kier molecular flexibility index (Phi) is 3.21. The van der Waals surface area contributed by atoms with Gasteiger partial charge in [-0.05, 0) is 34.1 Å². The van der Waals surface area contributed by atoms with Gasteiger partial charge in [0.05, 0.1) is 0 Å². The Balaban J connectivity index is 2.42. The fraction of sp³-hybridized carbons (Fsp3) is 0.800. The van der Waals surface area contributed by atoms with Crippen molar-refractivity contribution in [1.82, 2.24) is 10.6 Å². The maximum absolute atomic E-state index is 11.4. The van der Waals surface area contributed by atoms with Crippen LogP contribution in [-0.4, -0.2) is 29.7 Å². The Hall–Kier alpha value is -1.26. The van der Waals surface area contributed by atoms with E-state index in [9.17, 15) is 9.59 Å². The van der Waals surface area contributed by atoms with Gasteiger partial charge < -0.3 is 15.4 Å². The van der Waals surface area contributed by atoms with Gasteiger partial charge in [0.15, 0.2) is 0 Å². The molecule has 2 N–H and O–H groups in total. The van der Waals surface area contributed by atoms with Crippen molar-refractivity contribution in [2.75, 3.05) is 0 Å². The first-order chi connectivity index (χ1) is 6.78. The summed E-state index contributed by atoms with van der Waals surface area (Å²) in [6, 6.07) is -0.354. The predicted octanol–water partition coefficient (Wildman–Crippen LogP) is 0.788. The Labute approximate surface area is 89.6 Å². The third-order valence-corrected chi connectivity index (χ3v) is 1.99. The number of rotatable bonds is 1. The van der Waals surface area contributed by atoms with E-state index in [4.69, 9.17) is 4.74 Å². The van der Waals surface area contributed by atoms with Gasteiger partial charge in [-0.2, -0.15) is 0 Å². The summed E-state index contributed by atoms with van der Waals surface area (Å²) in [7, 11) is 0. The van der Waals surface area contributed by atoms with Crippen LogP contribution in [0.25, 0.3) is 0 Å². The topological polar surface area (TPSA) is 67.4 Å². The zero-order valence-electron chi connectivity index (χ0n) is 9.59. The Morgan fingerprint density at radius 1 is 1.53 bits per heavy atom. The summed E-state index contributed by atoms with van der Waals surface area (Å²) in [4.78, 5) is 22.7. The maximum Gasteiger partial charge on any atom is 0.408 e. The highest BCUT2D eigenvalue weighted by Crippen LogP contribution is 2.10. The predicted molar refractivity (Wildman–Crippen MR) is 55.4 cm³/mol. The molecule has 2 atom stereocenters. The second kappa shape index (κ2) is 4.08. The molecule has 0 aromatic heterocycles. The fourth-order valence-corrected chi connectivity index (χ4v) is 1.44. The minimum Gasteiger partial charge on any atom is -0.444 e. The summed E-state index contributed by atoms with van der Waals surface area (Å²) in [6.45, 7) is 7.24. The highest BCUT2D eigenvalue weighted by Gasteiger charge is 2.31. The summed E-state index contributed by atoms with van der Waals surface area (Å²) in [6.07, 6.45) is 0.0645. The van der Waals surface area contributed by atoms with Crippen molar-refractivity contribution in [3.8, 4) is 0 Å². The first-order valence-corrected chi connectivity index (χ1v) is 5.08. The molecule has 1 heterocycles. The molecular weight excluding hydrogens is 196 g/mol. The molecule has 0 unspecified atom stereocenters. The molecule has 15 heavy (non-hydrogen) atoms. The molecule has 1 saturated heterocycles. The van der Waals surface area contributed by atoms with Crippen LogP contribution in [0.15, 0.2) is 0 Å². The summed E-state index contributed by atoms with van der Waals surface area (Å²) in [5.74, 6) is -0.145. The molecule has 0 aliphatic carbocycles. The molecule has 1 aliphatic rings. The van der Waals surface area contributed by atoms with Gasteiger partial charge in [-0.25, -0.2) is 4.79 Å². The smallest absolute Gasteiger partial charge is 0.408 e. The van der Waals surface area contributed by atoms with Crippen LogP contribution in [0.3, 0.4) is 0 Å². The van der Waals surface area contributed by atoms with Gasteiger partial charge in [0, 0.05) is 6.04 Å². The Morgan fingerprint density at radius 3 is 2.53 bits per heavy atom. The molecule has 0 aromatic carbocycles. The molecule has 0 bridgehead atoms. The zero-order chi connectivity index (χ0) is 11.6. The normalized spacial score (nSPS) is 26.0. The van der Waals surface area contributed by atoms with E-state index in [2.05, 4.69) is 10.6 Å². The first kappa shape index (κ1) is 11.8. The average Bonchev–Trinajstić information content (AvgIpc) is 2.25. The number of carbonyl (C=O) groups is 2. The molecule has 0 spiro atoms. The second-order valence-corrected chi connectivity index (χ2v) is 4.84. The van der Waals surface area contributed by atoms with Gasteiger partial charge in [-0.15, -0.1) is 0 Å². The second-order valence-electron chi connectivity index (χ2n) is 4.84. The summed E-state index contributed by atoms with van der Waals surface area (Å²) in [5.41, 5.74) is -0.537. The highest BCUT2D eigenvalue weighted by molar-refractivity contribution is 5.87. The lowest BCUT2D eigenvalue weighted by Gasteiger charge is -2.20. The van der Waals surface area contributed by atoms with Crippen LogP contribution in [0.1, 0.15) is 34.1 Å². The van der Waals surface area contributed by atoms with Gasteiger partial charge >= 0.3 is 6.09 Å². The van der Waals surface area contributed by atoms with Gasteiger partial charge in [-0.3, -0.25) is 4.79 Å². The molecule has 1 aliphatic heterocycles. The van der Waals surface area contributed by atoms with E-state index in [1.165, 1.54) is 0 Å². The lowest BCUT2D eigenvalue weighted by Crippen LogP contribution is -2.42. The van der Waals surface area contributed by atoms with Crippen molar-refractivity contribution in [1.29, 1.82) is 0 Å². The van der Waals surface area contributed by atoms with E-state index < -0.39 is 17.7 Å². The zero-order valence-corrected chi connectivity index (χ0v) is 9.59. The molecule has 5 heteroatoms. The van der Waals surface area contributed by atoms with Crippen LogP contribution in [0.5, 0.6) is 0 Å². The largest absolute Gasteiger partial charge is 0.444 e. The van der Waals surface area contributed by atoms with Crippen LogP contribution < -0.4 is 10.6 Å². The molecular formula is C10H18N2O3. The van der Waals surface area contributed by atoms with E-state index in [0.717, 1.165) is 0 Å². The quantitative estimate of drug-likeness (QED) is 0.678. The van der Waals surface area contributed by atoms with Crippen molar-refractivity contribution in [3.63, 3.8) is 0 Å². The number of hydrogen-bond acceptors (Lipinski definition) is 3. The lowest BCUT2D eigenvalue weighted by molar-refractivity contribution is -0.121. The number of hydrogen-bond donors (Lipinski definition) is 2. The Bertz CT molecular complexity index is 270. The van der Waals surface area contributed by atoms with Crippen LogP contribution >= 0.6 is 0 Å². The minimum atomic E-state index is -0.545. The molecule has 0 radical (unpaired) electrons. The number of ether oxygens (including phenoxy) is 1. The number of amides is 2. The highest BCUT2D eigenvalue weighted by atomic mass is 16.6. The number of alkyl carbamates (subject to hydrolysis) is 1. The van der Waals surface area contributed by atoms with Crippen LogP contribution in [0.2, 0.25) is 0 Å². The SMILES string of the molecule is C[C@@H]1C[C@@H](NC(=O)OC(C)(C)C)C(=O)N1. The number of carbonyl (C=O) groups excluding carboxylic acids is 2. The third-order valence-electron chi connectivity index (χ3n) is 1.99. The van der Waals surface area contributed by atoms with Gasteiger partial charge in [0.1, 0.15) is 11.6 Å². The van der Waals surface area contributed by atoms with Crippen molar-refractivity contribution in [2.24, 2.45) is 0 Å². The standard InChI is InChI=1S/C10H18N2O3/c1-6-5-7(8(13)11-6)12-9(14)15-10(2,3)4/h6-7H,5H2,1-4H3,(H,11,13)(H,12,14)/t6-,7-/m1/s1. The number of nitrogens with one attached hydrogen (secondary N) is 2. The van der Waals surface area contributed by atoms with E-state index in [1.54, 1.807) is 20.8 Å².